The van der Waals surface area contributed by atoms with Gasteiger partial charge < -0.3 is 4.98 Å². The third kappa shape index (κ3) is 1.82. The van der Waals surface area contributed by atoms with Crippen molar-refractivity contribution in [2.24, 2.45) is 0 Å². The topological polar surface area (TPSA) is 102 Å². The van der Waals surface area contributed by atoms with E-state index in [-0.39, 0.29) is 11.4 Å². The van der Waals surface area contributed by atoms with Crippen LogP contribution in [0.3, 0.4) is 0 Å². The van der Waals surface area contributed by atoms with E-state index in [1.54, 1.807) is 19.9 Å². The van der Waals surface area contributed by atoms with Crippen molar-refractivity contribution in [1.82, 2.24) is 4.98 Å². The van der Waals surface area contributed by atoms with Gasteiger partial charge in [0.2, 0.25) is 0 Å². The van der Waals surface area contributed by atoms with Gasteiger partial charge in [-0.1, -0.05) is 0 Å². The van der Waals surface area contributed by atoms with E-state index in [0.29, 0.717) is 16.3 Å². The Hall–Kier alpha value is -2.96. The Balaban J connectivity index is 2.51. The maximum atomic E-state index is 11.1. The Morgan fingerprint density at radius 2 is 1.76 bits per heavy atom. The molecule has 0 aliphatic rings. The molecule has 1 heterocycles. The van der Waals surface area contributed by atoms with Gasteiger partial charge in [-0.15, -0.1) is 0 Å². The molecule has 1 N–H and O–H groups in total. The van der Waals surface area contributed by atoms with Crippen LogP contribution < -0.4 is 0 Å². The maximum Gasteiger partial charge on any atom is 0.273 e. The third-order valence-electron chi connectivity index (χ3n) is 3.70. The van der Waals surface area contributed by atoms with E-state index >= 15 is 0 Å². The minimum Gasteiger partial charge on any atom is -0.354 e. The summed E-state index contributed by atoms with van der Waals surface area (Å²) >= 11 is 0. The van der Waals surface area contributed by atoms with E-state index < -0.39 is 9.85 Å². The van der Waals surface area contributed by atoms with Crippen LogP contribution in [0.4, 0.5) is 11.4 Å². The highest BCUT2D eigenvalue weighted by Crippen LogP contribution is 2.36. The zero-order chi connectivity index (χ0) is 15.3. The average Bonchev–Trinajstić information content (AvgIpc) is 2.81. The van der Waals surface area contributed by atoms with Crippen LogP contribution in [0.1, 0.15) is 11.1 Å². The minimum absolute atomic E-state index is 0.0207. The van der Waals surface area contributed by atoms with Crippen molar-refractivity contribution in [3.63, 3.8) is 0 Å². The summed E-state index contributed by atoms with van der Waals surface area (Å²) in [6.07, 6.45) is 0. The zero-order valence-corrected chi connectivity index (χ0v) is 11.3. The normalized spacial score (nSPS) is 11.1. The number of nitrogens with zero attached hydrogens (tertiary/aromatic N) is 2. The molecule has 7 heteroatoms. The van der Waals surface area contributed by atoms with Crippen molar-refractivity contribution in [1.29, 1.82) is 0 Å². The van der Waals surface area contributed by atoms with Gasteiger partial charge in [0.25, 0.3) is 11.4 Å². The summed E-state index contributed by atoms with van der Waals surface area (Å²) in [5.41, 5.74) is 2.73. The molecule has 0 spiro atoms. The lowest BCUT2D eigenvalue weighted by atomic mass is 10.0. The van der Waals surface area contributed by atoms with Gasteiger partial charge in [-0.25, -0.2) is 0 Å². The van der Waals surface area contributed by atoms with Gasteiger partial charge in [-0.2, -0.15) is 0 Å². The number of nitrogens with one attached hydrogen (secondary N) is 1. The lowest BCUT2D eigenvalue weighted by molar-refractivity contribution is -0.385. The van der Waals surface area contributed by atoms with Crippen LogP contribution in [0, 0.1) is 34.1 Å². The van der Waals surface area contributed by atoms with Crippen molar-refractivity contribution in [2.75, 3.05) is 0 Å². The Labute approximate surface area is 118 Å². The molecule has 0 bridgehead atoms. The van der Waals surface area contributed by atoms with Gasteiger partial charge in [0.05, 0.1) is 15.4 Å². The Morgan fingerprint density at radius 1 is 1.05 bits per heavy atom. The maximum absolute atomic E-state index is 11.1. The average molecular weight is 285 g/mol. The van der Waals surface area contributed by atoms with Crippen molar-refractivity contribution in [2.45, 2.75) is 13.8 Å². The molecule has 3 rings (SSSR count). The number of non-ortho nitro benzene ring substituents is 1. The smallest absolute Gasteiger partial charge is 0.273 e. The van der Waals surface area contributed by atoms with Gasteiger partial charge in [0.1, 0.15) is 0 Å². The number of hydrogen-bond donors (Lipinski definition) is 1. The van der Waals surface area contributed by atoms with Crippen LogP contribution in [-0.4, -0.2) is 14.8 Å². The number of H-pyrrole nitrogens is 1. The minimum atomic E-state index is -0.474. The van der Waals surface area contributed by atoms with E-state index in [2.05, 4.69) is 4.98 Å². The first kappa shape index (κ1) is 13.0. The summed E-state index contributed by atoms with van der Waals surface area (Å²) in [7, 11) is 0. The highest BCUT2D eigenvalue weighted by atomic mass is 16.6. The Morgan fingerprint density at radius 3 is 2.38 bits per heavy atom. The summed E-state index contributed by atoms with van der Waals surface area (Å²) in [6, 6.07) is 6.00. The molecule has 21 heavy (non-hydrogen) atoms. The summed E-state index contributed by atoms with van der Waals surface area (Å²) in [5.74, 6) is 0. The van der Waals surface area contributed by atoms with Crippen molar-refractivity contribution < 1.29 is 9.85 Å². The van der Waals surface area contributed by atoms with Crippen LogP contribution in [0.25, 0.3) is 21.8 Å². The van der Waals surface area contributed by atoms with Gasteiger partial charge >= 0.3 is 0 Å². The number of benzene rings is 2. The molecular weight excluding hydrogens is 274 g/mol. The van der Waals surface area contributed by atoms with E-state index in [1.165, 1.54) is 18.2 Å². The molecule has 1 aromatic heterocycles. The Kier molecular flexibility index (Phi) is 2.65. The van der Waals surface area contributed by atoms with E-state index in [1.807, 2.05) is 0 Å². The second-order valence-corrected chi connectivity index (χ2v) is 4.96. The second kappa shape index (κ2) is 4.27. The number of nitro benzene ring substituents is 2. The van der Waals surface area contributed by atoms with Crippen LogP contribution >= 0.6 is 0 Å². The number of aryl methyl sites for hydroxylation is 2. The largest absolute Gasteiger partial charge is 0.354 e. The van der Waals surface area contributed by atoms with E-state index in [9.17, 15) is 20.2 Å². The van der Waals surface area contributed by atoms with Crippen LogP contribution in [0.5, 0.6) is 0 Å². The van der Waals surface area contributed by atoms with Gasteiger partial charge in [-0.3, -0.25) is 20.2 Å². The quantitative estimate of drug-likeness (QED) is 0.572. The van der Waals surface area contributed by atoms with Crippen molar-refractivity contribution >= 4 is 33.2 Å². The first-order valence-corrected chi connectivity index (χ1v) is 6.24. The van der Waals surface area contributed by atoms with E-state index in [0.717, 1.165) is 16.6 Å². The summed E-state index contributed by atoms with van der Waals surface area (Å²) in [6.45, 7) is 3.44. The molecule has 0 saturated carbocycles. The monoisotopic (exact) mass is 285 g/mol. The summed E-state index contributed by atoms with van der Waals surface area (Å²) < 4.78 is 0. The van der Waals surface area contributed by atoms with Crippen molar-refractivity contribution in [3.8, 4) is 0 Å². The van der Waals surface area contributed by atoms with Crippen LogP contribution in [0.15, 0.2) is 24.3 Å². The SMILES string of the molecule is Cc1cc([N+](=O)[O-])c(C)c2c1[nH]c1ccc([N+](=O)[O-])cc12. The molecule has 0 radical (unpaired) electrons. The Bertz CT molecular complexity index is 927. The fraction of sp³-hybridized carbons (Fsp3) is 0.143. The molecule has 0 amide bonds. The number of hydrogen-bond acceptors (Lipinski definition) is 4. The lowest BCUT2D eigenvalue weighted by Gasteiger charge is -2.02. The second-order valence-electron chi connectivity index (χ2n) is 4.96. The highest BCUT2D eigenvalue weighted by molar-refractivity contribution is 6.11. The summed E-state index contributed by atoms with van der Waals surface area (Å²) in [4.78, 5) is 24.3. The van der Waals surface area contributed by atoms with Crippen LogP contribution in [-0.2, 0) is 0 Å². The predicted molar refractivity (Wildman–Crippen MR) is 78.6 cm³/mol. The number of nitro groups is 2. The first-order chi connectivity index (χ1) is 9.90. The molecule has 0 aliphatic heterocycles. The number of aromatic nitrogens is 1. The zero-order valence-electron chi connectivity index (χ0n) is 11.3. The number of fused-ring (bicyclic) bond motifs is 3. The van der Waals surface area contributed by atoms with Crippen LogP contribution in [0.2, 0.25) is 0 Å². The molecule has 0 atom stereocenters. The predicted octanol–water partition coefficient (Wildman–Crippen LogP) is 3.75. The van der Waals surface area contributed by atoms with Crippen molar-refractivity contribution in [3.05, 3.63) is 55.6 Å². The molecule has 0 saturated heterocycles. The highest BCUT2D eigenvalue weighted by Gasteiger charge is 2.20. The molecule has 106 valence electrons. The van der Waals surface area contributed by atoms with Gasteiger partial charge in [0, 0.05) is 40.1 Å². The fourth-order valence-corrected chi connectivity index (χ4v) is 2.68. The molecule has 2 aromatic carbocycles. The van der Waals surface area contributed by atoms with Gasteiger partial charge in [0.15, 0.2) is 0 Å². The lowest BCUT2D eigenvalue weighted by Crippen LogP contribution is -1.93. The molecule has 0 aliphatic carbocycles. The first-order valence-electron chi connectivity index (χ1n) is 6.24. The molecule has 3 aromatic rings. The fourth-order valence-electron chi connectivity index (χ4n) is 2.68. The molecule has 0 fully saturated rings. The van der Waals surface area contributed by atoms with E-state index in [4.69, 9.17) is 0 Å². The summed E-state index contributed by atoms with van der Waals surface area (Å²) in [5, 5.41) is 23.3. The number of rotatable bonds is 2. The molecular formula is C14H11N3O4. The standard InChI is InChI=1S/C14H11N3O4/c1-7-5-12(17(20)21)8(2)13-10-6-9(16(18)19)3-4-11(10)15-14(7)13/h3-6,15H,1-2H3. The van der Waals surface area contributed by atoms with Gasteiger partial charge in [-0.05, 0) is 25.5 Å². The number of aromatic amines is 1. The molecule has 0 unspecified atom stereocenters. The molecule has 7 nitrogen and oxygen atoms in total. The third-order valence-corrected chi connectivity index (χ3v) is 3.70.